The molecule has 4 heteroatoms. The van der Waals surface area contributed by atoms with E-state index in [1.165, 1.54) is 5.56 Å². The molecule has 3 nitrogen and oxygen atoms in total. The van der Waals surface area contributed by atoms with E-state index in [1.807, 2.05) is 18.7 Å². The third-order valence-electron chi connectivity index (χ3n) is 3.69. The first-order valence-corrected chi connectivity index (χ1v) is 7.64. The van der Waals surface area contributed by atoms with Crippen LogP contribution in [0, 0.1) is 0 Å². The largest absolute Gasteiger partial charge is 0.385 e. The smallest absolute Gasteiger partial charge is 0.237 e. The number of carbonyl (C=O) groups is 1. The number of fused-ring (bicyclic) bond motifs is 1. The quantitative estimate of drug-likeness (QED) is 0.614. The molecule has 0 saturated carbocycles. The first-order chi connectivity index (χ1) is 9.02. The van der Waals surface area contributed by atoms with Crippen LogP contribution in [0.25, 0.3) is 0 Å². The van der Waals surface area contributed by atoms with Crippen molar-refractivity contribution in [3.05, 3.63) is 29.3 Å². The molecule has 0 atom stereocenters. The molecule has 104 valence electrons. The van der Waals surface area contributed by atoms with Crippen LogP contribution in [0.15, 0.2) is 18.2 Å². The van der Waals surface area contributed by atoms with E-state index in [9.17, 15) is 4.79 Å². The fraction of sp³-hybridized carbons (Fsp3) is 0.533. The van der Waals surface area contributed by atoms with Gasteiger partial charge in [0.2, 0.25) is 5.91 Å². The van der Waals surface area contributed by atoms with Gasteiger partial charge < -0.3 is 9.64 Å². The van der Waals surface area contributed by atoms with Gasteiger partial charge >= 0.3 is 0 Å². The predicted molar refractivity (Wildman–Crippen MR) is 80.9 cm³/mol. The van der Waals surface area contributed by atoms with E-state index < -0.39 is 5.41 Å². The summed E-state index contributed by atoms with van der Waals surface area (Å²) in [5, 5.41) is 0.806. The number of rotatable bonds is 5. The van der Waals surface area contributed by atoms with Gasteiger partial charge in [0.25, 0.3) is 0 Å². The van der Waals surface area contributed by atoms with Gasteiger partial charge in [-0.2, -0.15) is 0 Å². The number of benzene rings is 1. The number of amides is 1. The number of anilines is 1. The van der Waals surface area contributed by atoms with E-state index in [1.54, 1.807) is 7.11 Å². The highest BCUT2D eigenvalue weighted by Crippen LogP contribution is 2.42. The SMILES string of the molecule is COCCCN1C(=O)C(C)(C)c2ccc(CBr)cc21. The Kier molecular flexibility index (Phi) is 4.31. The van der Waals surface area contributed by atoms with Gasteiger partial charge in [-0.3, -0.25) is 4.79 Å². The molecule has 1 aliphatic heterocycles. The Morgan fingerprint density at radius 1 is 1.37 bits per heavy atom. The fourth-order valence-corrected chi connectivity index (χ4v) is 2.91. The van der Waals surface area contributed by atoms with Crippen LogP contribution < -0.4 is 4.90 Å². The molecule has 1 aromatic rings. The maximum absolute atomic E-state index is 12.6. The summed E-state index contributed by atoms with van der Waals surface area (Å²) in [5.41, 5.74) is 2.96. The number of carbonyl (C=O) groups excluding carboxylic acids is 1. The van der Waals surface area contributed by atoms with Gasteiger partial charge in [0.05, 0.1) is 5.41 Å². The second kappa shape index (κ2) is 5.63. The first-order valence-electron chi connectivity index (χ1n) is 6.52. The van der Waals surface area contributed by atoms with Crippen LogP contribution in [-0.2, 0) is 20.3 Å². The molecule has 0 radical (unpaired) electrons. The van der Waals surface area contributed by atoms with Crippen molar-refractivity contribution >= 4 is 27.5 Å². The summed E-state index contributed by atoms with van der Waals surface area (Å²) in [5.74, 6) is 0.185. The number of hydrogen-bond acceptors (Lipinski definition) is 2. The molecule has 0 aliphatic carbocycles. The van der Waals surface area contributed by atoms with Crippen molar-refractivity contribution in [3.63, 3.8) is 0 Å². The lowest BCUT2D eigenvalue weighted by atomic mass is 9.86. The molecular weight excluding hydrogens is 306 g/mol. The molecule has 0 saturated heterocycles. The van der Waals surface area contributed by atoms with Gasteiger partial charge in [0.1, 0.15) is 0 Å². The monoisotopic (exact) mass is 325 g/mol. The minimum absolute atomic E-state index is 0.185. The molecule has 0 spiro atoms. The molecule has 0 bridgehead atoms. The third-order valence-corrected chi connectivity index (χ3v) is 4.34. The van der Waals surface area contributed by atoms with Crippen LogP contribution in [0.4, 0.5) is 5.69 Å². The first kappa shape index (κ1) is 14.5. The predicted octanol–water partition coefficient (Wildman–Crippen LogP) is 3.24. The van der Waals surface area contributed by atoms with Gasteiger partial charge in [-0.1, -0.05) is 28.1 Å². The number of alkyl halides is 1. The summed E-state index contributed by atoms with van der Waals surface area (Å²) in [4.78, 5) is 14.5. The summed E-state index contributed by atoms with van der Waals surface area (Å²) in [7, 11) is 1.69. The molecule has 0 fully saturated rings. The number of ether oxygens (including phenoxy) is 1. The van der Waals surface area contributed by atoms with Crippen LogP contribution in [0.5, 0.6) is 0 Å². The summed E-state index contributed by atoms with van der Waals surface area (Å²) in [6.45, 7) is 5.39. The molecule has 0 N–H and O–H groups in total. The van der Waals surface area contributed by atoms with Crippen molar-refractivity contribution in [1.82, 2.24) is 0 Å². The van der Waals surface area contributed by atoms with E-state index in [-0.39, 0.29) is 5.91 Å². The Morgan fingerprint density at radius 3 is 2.74 bits per heavy atom. The Morgan fingerprint density at radius 2 is 2.11 bits per heavy atom. The molecule has 0 aromatic heterocycles. The number of nitrogens with zero attached hydrogens (tertiary/aromatic N) is 1. The maximum Gasteiger partial charge on any atom is 0.237 e. The van der Waals surface area contributed by atoms with E-state index in [0.717, 1.165) is 29.5 Å². The van der Waals surface area contributed by atoms with Crippen LogP contribution in [0.3, 0.4) is 0 Å². The van der Waals surface area contributed by atoms with Gasteiger partial charge in [-0.15, -0.1) is 0 Å². The number of hydrogen-bond donors (Lipinski definition) is 0. The highest BCUT2D eigenvalue weighted by Gasteiger charge is 2.43. The average molecular weight is 326 g/mol. The van der Waals surface area contributed by atoms with Gasteiger partial charge in [-0.25, -0.2) is 0 Å². The fourth-order valence-electron chi connectivity index (χ4n) is 2.56. The van der Waals surface area contributed by atoms with Crippen molar-refractivity contribution < 1.29 is 9.53 Å². The van der Waals surface area contributed by atoms with Crippen molar-refractivity contribution in [2.75, 3.05) is 25.2 Å². The lowest BCUT2D eigenvalue weighted by Gasteiger charge is -2.20. The molecule has 1 aromatic carbocycles. The van der Waals surface area contributed by atoms with Crippen molar-refractivity contribution in [3.8, 4) is 0 Å². The second-order valence-electron chi connectivity index (χ2n) is 5.41. The standard InChI is InChI=1S/C15H20BrNO2/c1-15(2)12-6-5-11(10-16)9-13(12)17(14(15)18)7-4-8-19-3/h5-6,9H,4,7-8,10H2,1-3H3. The Bertz CT molecular complexity index is 485. The van der Waals surface area contributed by atoms with Crippen LogP contribution in [-0.4, -0.2) is 26.2 Å². The molecule has 1 amide bonds. The second-order valence-corrected chi connectivity index (χ2v) is 5.97. The van der Waals surface area contributed by atoms with E-state index in [4.69, 9.17) is 4.74 Å². The van der Waals surface area contributed by atoms with Crippen molar-refractivity contribution in [1.29, 1.82) is 0 Å². The van der Waals surface area contributed by atoms with Crippen molar-refractivity contribution in [2.45, 2.75) is 31.0 Å². The van der Waals surface area contributed by atoms with E-state index in [2.05, 4.69) is 34.1 Å². The lowest BCUT2D eigenvalue weighted by molar-refractivity contribution is -0.122. The molecular formula is C15H20BrNO2. The zero-order valence-corrected chi connectivity index (χ0v) is 13.3. The summed E-state index contributed by atoms with van der Waals surface area (Å²) in [6, 6.07) is 6.28. The lowest BCUT2D eigenvalue weighted by Crippen LogP contribution is -2.37. The minimum atomic E-state index is -0.423. The van der Waals surface area contributed by atoms with Crippen molar-refractivity contribution in [2.24, 2.45) is 0 Å². The van der Waals surface area contributed by atoms with E-state index >= 15 is 0 Å². The highest BCUT2D eigenvalue weighted by molar-refractivity contribution is 9.08. The van der Waals surface area contributed by atoms with Gasteiger partial charge in [0.15, 0.2) is 0 Å². The normalized spacial score (nSPS) is 16.8. The molecule has 19 heavy (non-hydrogen) atoms. The van der Waals surface area contributed by atoms with Gasteiger partial charge in [-0.05, 0) is 37.5 Å². The van der Waals surface area contributed by atoms with Crippen LogP contribution in [0.2, 0.25) is 0 Å². The Labute approximate surface area is 123 Å². The Hall–Kier alpha value is -0.870. The Balaban J connectivity index is 2.34. The van der Waals surface area contributed by atoms with E-state index in [0.29, 0.717) is 6.61 Å². The summed E-state index contributed by atoms with van der Waals surface area (Å²) < 4.78 is 5.08. The van der Waals surface area contributed by atoms with Crippen LogP contribution >= 0.6 is 15.9 Å². The molecule has 2 rings (SSSR count). The highest BCUT2D eigenvalue weighted by atomic mass is 79.9. The summed E-state index contributed by atoms with van der Waals surface area (Å²) in [6.07, 6.45) is 0.857. The number of methoxy groups -OCH3 is 1. The van der Waals surface area contributed by atoms with Gasteiger partial charge in [0, 0.05) is 31.3 Å². The zero-order chi connectivity index (χ0) is 14.0. The zero-order valence-electron chi connectivity index (χ0n) is 11.7. The minimum Gasteiger partial charge on any atom is -0.385 e. The number of halogens is 1. The maximum atomic E-state index is 12.6. The average Bonchev–Trinajstić information content (AvgIpc) is 2.59. The third kappa shape index (κ3) is 2.56. The topological polar surface area (TPSA) is 29.5 Å². The molecule has 1 heterocycles. The summed E-state index contributed by atoms with van der Waals surface area (Å²) >= 11 is 3.47. The molecule has 1 aliphatic rings. The van der Waals surface area contributed by atoms with Crippen LogP contribution in [0.1, 0.15) is 31.4 Å². The molecule has 0 unspecified atom stereocenters.